The van der Waals surface area contributed by atoms with Crippen molar-refractivity contribution in [3.8, 4) is 6.07 Å². The normalized spacial score (nSPS) is 12.4. The molecule has 1 aromatic carbocycles. The molecule has 0 radical (unpaired) electrons. The summed E-state index contributed by atoms with van der Waals surface area (Å²) in [6.07, 6.45) is 0.721. The van der Waals surface area contributed by atoms with E-state index in [1.165, 1.54) is 28.6 Å². The van der Waals surface area contributed by atoms with Gasteiger partial charge in [-0.2, -0.15) is 9.57 Å². The summed E-state index contributed by atoms with van der Waals surface area (Å²) in [5, 5.41) is 8.70. The van der Waals surface area contributed by atoms with Crippen LogP contribution in [0.5, 0.6) is 0 Å². The number of benzene rings is 1. The van der Waals surface area contributed by atoms with Crippen LogP contribution >= 0.6 is 0 Å². The summed E-state index contributed by atoms with van der Waals surface area (Å²) in [5.74, 6) is 0. The van der Waals surface area contributed by atoms with Crippen LogP contribution in [0.25, 0.3) is 0 Å². The van der Waals surface area contributed by atoms with E-state index in [1.54, 1.807) is 7.05 Å². The van der Waals surface area contributed by atoms with Gasteiger partial charge >= 0.3 is 0 Å². The topological polar surface area (TPSA) is 61.2 Å². The molecule has 0 N–H and O–H groups in total. The predicted molar refractivity (Wildman–Crippen MR) is 70.5 cm³/mol. The molecule has 0 spiro atoms. The van der Waals surface area contributed by atoms with Crippen molar-refractivity contribution < 1.29 is 8.42 Å². The summed E-state index contributed by atoms with van der Waals surface area (Å²) in [4.78, 5) is 0.213. The molecule has 0 amide bonds. The Morgan fingerprint density at radius 2 is 1.78 bits per heavy atom. The van der Waals surface area contributed by atoms with Crippen molar-refractivity contribution in [1.29, 1.82) is 5.26 Å². The molecule has 0 aliphatic rings. The molecule has 0 heterocycles. The fourth-order valence-corrected chi connectivity index (χ4v) is 2.98. The molecule has 1 rings (SSSR count). The Bertz CT molecular complexity index is 554. The second-order valence-electron chi connectivity index (χ2n) is 4.77. The van der Waals surface area contributed by atoms with Gasteiger partial charge in [0.05, 0.1) is 16.5 Å². The molecule has 5 heteroatoms. The Labute approximate surface area is 109 Å². The van der Waals surface area contributed by atoms with Crippen LogP contribution < -0.4 is 0 Å². The van der Waals surface area contributed by atoms with E-state index in [2.05, 4.69) is 0 Å². The van der Waals surface area contributed by atoms with E-state index in [0.29, 0.717) is 5.56 Å². The van der Waals surface area contributed by atoms with Gasteiger partial charge in [-0.15, -0.1) is 0 Å². The zero-order valence-electron chi connectivity index (χ0n) is 11.1. The van der Waals surface area contributed by atoms with Crippen molar-refractivity contribution in [2.45, 2.75) is 37.6 Å². The minimum absolute atomic E-state index is 0.213. The van der Waals surface area contributed by atoms with Crippen molar-refractivity contribution in [1.82, 2.24) is 4.31 Å². The third kappa shape index (κ3) is 2.71. The van der Waals surface area contributed by atoms with Crippen molar-refractivity contribution in [3.05, 3.63) is 29.8 Å². The van der Waals surface area contributed by atoms with Crippen molar-refractivity contribution >= 4 is 10.0 Å². The summed E-state index contributed by atoms with van der Waals surface area (Å²) in [6.45, 7) is 5.72. The number of hydrogen-bond donors (Lipinski definition) is 0. The second-order valence-corrected chi connectivity index (χ2v) is 6.74. The minimum Gasteiger partial charge on any atom is -0.207 e. The predicted octanol–water partition coefficient (Wildman–Crippen LogP) is 2.37. The lowest BCUT2D eigenvalue weighted by Gasteiger charge is -2.33. The standard InChI is InChI=1S/C13H18N2O2S/c1-5-13(2,3)15(4)18(16,17)12-8-6-11(10-14)7-9-12/h6-9H,5H2,1-4H3. The molecule has 0 unspecified atom stereocenters. The average Bonchev–Trinajstić information content (AvgIpc) is 2.37. The van der Waals surface area contributed by atoms with Gasteiger partial charge in [0.25, 0.3) is 0 Å². The maximum atomic E-state index is 12.4. The van der Waals surface area contributed by atoms with Crippen LogP contribution in [0.15, 0.2) is 29.2 Å². The highest BCUT2D eigenvalue weighted by Crippen LogP contribution is 2.25. The fraction of sp³-hybridized carbons (Fsp3) is 0.462. The molecule has 0 aliphatic heterocycles. The molecule has 98 valence electrons. The highest BCUT2D eigenvalue weighted by Gasteiger charge is 2.32. The maximum absolute atomic E-state index is 12.4. The molecule has 1 aromatic rings. The van der Waals surface area contributed by atoms with Crippen LogP contribution in [0.4, 0.5) is 0 Å². The molecule has 0 aliphatic carbocycles. The monoisotopic (exact) mass is 266 g/mol. The summed E-state index contributed by atoms with van der Waals surface area (Å²) in [6, 6.07) is 7.93. The molecule has 4 nitrogen and oxygen atoms in total. The Balaban J connectivity index is 3.18. The minimum atomic E-state index is -3.51. The zero-order chi connectivity index (χ0) is 14.0. The van der Waals surface area contributed by atoms with Crippen LogP contribution in [-0.4, -0.2) is 25.3 Å². The van der Waals surface area contributed by atoms with E-state index in [0.717, 1.165) is 6.42 Å². The van der Waals surface area contributed by atoms with Gasteiger partial charge in [0.15, 0.2) is 0 Å². The Morgan fingerprint density at radius 1 is 1.28 bits per heavy atom. The first kappa shape index (κ1) is 14.7. The quantitative estimate of drug-likeness (QED) is 0.840. The number of hydrogen-bond acceptors (Lipinski definition) is 3. The first-order valence-corrected chi connectivity index (χ1v) is 7.19. The van der Waals surface area contributed by atoms with Crippen LogP contribution in [0.2, 0.25) is 0 Å². The Kier molecular flexibility index (Phi) is 4.15. The molecule has 0 bridgehead atoms. The first-order valence-electron chi connectivity index (χ1n) is 5.75. The molecule has 0 aromatic heterocycles. The van der Waals surface area contributed by atoms with Crippen LogP contribution in [0, 0.1) is 11.3 Å². The third-order valence-corrected chi connectivity index (χ3v) is 5.44. The molecular formula is C13H18N2O2S. The van der Waals surface area contributed by atoms with Gasteiger partial charge in [0, 0.05) is 12.6 Å². The second kappa shape index (κ2) is 5.09. The van der Waals surface area contributed by atoms with Gasteiger partial charge in [-0.25, -0.2) is 8.42 Å². The average molecular weight is 266 g/mol. The molecule has 18 heavy (non-hydrogen) atoms. The molecule has 0 saturated heterocycles. The van der Waals surface area contributed by atoms with Crippen molar-refractivity contribution in [3.63, 3.8) is 0 Å². The molecule has 0 saturated carbocycles. The maximum Gasteiger partial charge on any atom is 0.243 e. The number of rotatable bonds is 4. The highest BCUT2D eigenvalue weighted by molar-refractivity contribution is 7.89. The third-order valence-electron chi connectivity index (χ3n) is 3.36. The van der Waals surface area contributed by atoms with Gasteiger partial charge in [-0.3, -0.25) is 0 Å². The lowest BCUT2D eigenvalue weighted by atomic mass is 10.0. The summed E-state index contributed by atoms with van der Waals surface area (Å²) < 4.78 is 26.1. The van der Waals surface area contributed by atoms with Crippen molar-refractivity contribution in [2.24, 2.45) is 0 Å². The zero-order valence-corrected chi connectivity index (χ0v) is 12.0. The first-order chi connectivity index (χ1) is 8.25. The largest absolute Gasteiger partial charge is 0.243 e. The van der Waals surface area contributed by atoms with Crippen molar-refractivity contribution in [2.75, 3.05) is 7.05 Å². The van der Waals surface area contributed by atoms with Crippen LogP contribution in [0.1, 0.15) is 32.8 Å². The fourth-order valence-electron chi connectivity index (χ4n) is 1.41. The summed E-state index contributed by atoms with van der Waals surface area (Å²) >= 11 is 0. The van der Waals surface area contributed by atoms with E-state index in [-0.39, 0.29) is 4.90 Å². The number of sulfonamides is 1. The molecule has 0 atom stereocenters. The lowest BCUT2D eigenvalue weighted by Crippen LogP contribution is -2.44. The highest BCUT2D eigenvalue weighted by atomic mass is 32.2. The van der Waals surface area contributed by atoms with E-state index in [4.69, 9.17) is 5.26 Å². The Hall–Kier alpha value is -1.38. The van der Waals surface area contributed by atoms with Crippen LogP contribution in [-0.2, 0) is 10.0 Å². The smallest absolute Gasteiger partial charge is 0.207 e. The molecule has 0 fully saturated rings. The lowest BCUT2D eigenvalue weighted by molar-refractivity contribution is 0.257. The number of nitrogens with zero attached hydrogens (tertiary/aromatic N) is 2. The summed E-state index contributed by atoms with van der Waals surface area (Å²) in [5.41, 5.74) is 0.0126. The van der Waals surface area contributed by atoms with E-state index >= 15 is 0 Å². The Morgan fingerprint density at radius 3 is 2.17 bits per heavy atom. The summed E-state index contributed by atoms with van der Waals surface area (Å²) in [7, 11) is -1.93. The van der Waals surface area contributed by atoms with Gasteiger partial charge in [0.1, 0.15) is 0 Å². The van der Waals surface area contributed by atoms with E-state index in [9.17, 15) is 8.42 Å². The van der Waals surface area contributed by atoms with Gasteiger partial charge in [-0.1, -0.05) is 6.92 Å². The van der Waals surface area contributed by atoms with E-state index < -0.39 is 15.6 Å². The van der Waals surface area contributed by atoms with Gasteiger partial charge < -0.3 is 0 Å². The SMILES string of the molecule is CCC(C)(C)N(C)S(=O)(=O)c1ccc(C#N)cc1. The van der Waals surface area contributed by atoms with Gasteiger partial charge in [-0.05, 0) is 44.5 Å². The molecular weight excluding hydrogens is 248 g/mol. The number of nitriles is 1. The van der Waals surface area contributed by atoms with Gasteiger partial charge in [0.2, 0.25) is 10.0 Å². The van der Waals surface area contributed by atoms with Crippen LogP contribution in [0.3, 0.4) is 0 Å². The van der Waals surface area contributed by atoms with E-state index in [1.807, 2.05) is 26.8 Å².